The summed E-state index contributed by atoms with van der Waals surface area (Å²) in [5.41, 5.74) is 1.96. The van der Waals surface area contributed by atoms with E-state index in [0.29, 0.717) is 11.3 Å². The first-order valence-electron chi connectivity index (χ1n) is 9.31. The number of carbonyl (C=O) groups is 4. The van der Waals surface area contributed by atoms with Gasteiger partial charge in [0, 0.05) is 12.1 Å². The number of hydrogen-bond donors (Lipinski definition) is 2. The zero-order valence-electron chi connectivity index (χ0n) is 15.5. The highest BCUT2D eigenvalue weighted by atomic mass is 16.5. The molecule has 3 amide bonds. The molecule has 2 aromatic rings. The van der Waals surface area contributed by atoms with Crippen LogP contribution in [0.2, 0.25) is 0 Å². The van der Waals surface area contributed by atoms with Crippen LogP contribution in [-0.4, -0.2) is 42.9 Å². The maximum absolute atomic E-state index is 12.3. The minimum atomic E-state index is -0.724. The van der Waals surface area contributed by atoms with Crippen LogP contribution in [0.4, 0.5) is 11.4 Å². The number of amides is 3. The lowest BCUT2D eigenvalue weighted by atomic mass is 10.1. The molecular weight excluding hydrogens is 374 g/mol. The minimum Gasteiger partial charge on any atom is -0.452 e. The molecule has 29 heavy (non-hydrogen) atoms. The molecule has 0 unspecified atom stereocenters. The molecule has 2 heterocycles. The Kier molecular flexibility index (Phi) is 4.99. The smallest absolute Gasteiger partial charge is 0.338 e. The summed E-state index contributed by atoms with van der Waals surface area (Å²) in [5.74, 6) is -2.09. The van der Waals surface area contributed by atoms with Crippen molar-refractivity contribution in [2.75, 3.05) is 23.4 Å². The molecule has 1 fully saturated rings. The lowest BCUT2D eigenvalue weighted by Gasteiger charge is -2.33. The lowest BCUT2D eigenvalue weighted by Crippen LogP contribution is -2.43. The number of hydrogen-bond acceptors (Lipinski definition) is 6. The van der Waals surface area contributed by atoms with Gasteiger partial charge in [-0.15, -0.1) is 0 Å². The number of nitrogens with one attached hydrogen (secondary N) is 2. The molecule has 2 aliphatic rings. The number of imide groups is 1. The molecule has 2 N–H and O–H groups in total. The molecule has 1 atom stereocenters. The van der Waals surface area contributed by atoms with Crippen molar-refractivity contribution in [3.8, 4) is 0 Å². The van der Waals surface area contributed by atoms with E-state index < -0.39 is 24.4 Å². The predicted octanol–water partition coefficient (Wildman–Crippen LogP) is 1.72. The maximum atomic E-state index is 12.3. The SMILES string of the molecule is O=C(COC(=O)c1ccc2c(c1)NC(=O)[C@@H]1CCCN21)NC(=O)c1ccccc1. The van der Waals surface area contributed by atoms with E-state index in [1.54, 1.807) is 42.5 Å². The van der Waals surface area contributed by atoms with Gasteiger partial charge in [0.2, 0.25) is 5.91 Å². The van der Waals surface area contributed by atoms with Crippen LogP contribution in [0.3, 0.4) is 0 Å². The second kappa shape index (κ2) is 7.75. The molecule has 8 nitrogen and oxygen atoms in total. The van der Waals surface area contributed by atoms with Crippen molar-refractivity contribution in [1.82, 2.24) is 5.32 Å². The summed E-state index contributed by atoms with van der Waals surface area (Å²) in [6.07, 6.45) is 1.75. The van der Waals surface area contributed by atoms with E-state index in [0.717, 1.165) is 25.1 Å². The summed E-state index contributed by atoms with van der Waals surface area (Å²) < 4.78 is 5.00. The Morgan fingerprint density at radius 1 is 1.10 bits per heavy atom. The fourth-order valence-corrected chi connectivity index (χ4v) is 3.60. The Balaban J connectivity index is 1.37. The molecule has 148 valence electrons. The van der Waals surface area contributed by atoms with Crippen molar-refractivity contribution in [2.24, 2.45) is 0 Å². The summed E-state index contributed by atoms with van der Waals surface area (Å²) in [5, 5.41) is 4.99. The molecule has 0 aromatic heterocycles. The first-order valence-corrected chi connectivity index (χ1v) is 9.31. The van der Waals surface area contributed by atoms with E-state index in [2.05, 4.69) is 10.6 Å². The standard InChI is InChI=1S/C21H19N3O5/c25-18(23-19(26)13-5-2-1-3-6-13)12-29-21(28)14-8-9-16-15(11-14)22-20(27)17-7-4-10-24(16)17/h1-3,5-6,8-9,11,17H,4,7,10,12H2,(H,22,27)(H,23,25,26)/t17-/m0/s1. The Bertz CT molecular complexity index is 989. The molecule has 2 aromatic carbocycles. The second-order valence-corrected chi connectivity index (χ2v) is 6.89. The Morgan fingerprint density at radius 2 is 1.90 bits per heavy atom. The molecule has 1 saturated heterocycles. The number of ether oxygens (including phenoxy) is 1. The number of esters is 1. The number of fused-ring (bicyclic) bond motifs is 3. The molecule has 0 saturated carbocycles. The molecule has 0 aliphatic carbocycles. The molecule has 4 rings (SSSR count). The van der Waals surface area contributed by atoms with Crippen molar-refractivity contribution in [3.63, 3.8) is 0 Å². The fourth-order valence-electron chi connectivity index (χ4n) is 3.60. The topological polar surface area (TPSA) is 105 Å². The van der Waals surface area contributed by atoms with Crippen LogP contribution in [0.1, 0.15) is 33.6 Å². The van der Waals surface area contributed by atoms with E-state index >= 15 is 0 Å². The van der Waals surface area contributed by atoms with Crippen LogP contribution in [0.25, 0.3) is 0 Å². The molecule has 0 spiro atoms. The minimum absolute atomic E-state index is 0.0840. The van der Waals surface area contributed by atoms with Gasteiger partial charge in [0.25, 0.3) is 11.8 Å². The van der Waals surface area contributed by atoms with Crippen LogP contribution in [0, 0.1) is 0 Å². The largest absolute Gasteiger partial charge is 0.452 e. The highest BCUT2D eigenvalue weighted by Gasteiger charge is 2.36. The summed E-state index contributed by atoms with van der Waals surface area (Å²) in [7, 11) is 0. The number of anilines is 2. The van der Waals surface area contributed by atoms with E-state index in [1.165, 1.54) is 6.07 Å². The number of nitrogens with zero attached hydrogens (tertiary/aromatic N) is 1. The Labute approximate surface area is 166 Å². The van der Waals surface area contributed by atoms with Crippen LogP contribution in [0.15, 0.2) is 48.5 Å². The first kappa shape index (κ1) is 18.7. The summed E-state index contributed by atoms with van der Waals surface area (Å²) in [4.78, 5) is 50.3. The third-order valence-corrected chi connectivity index (χ3v) is 4.98. The van der Waals surface area contributed by atoms with Gasteiger partial charge in [-0.05, 0) is 43.2 Å². The van der Waals surface area contributed by atoms with Crippen LogP contribution >= 0.6 is 0 Å². The highest BCUT2D eigenvalue weighted by molar-refractivity contribution is 6.07. The maximum Gasteiger partial charge on any atom is 0.338 e. The number of rotatable bonds is 4. The third kappa shape index (κ3) is 3.82. The van der Waals surface area contributed by atoms with Gasteiger partial charge >= 0.3 is 5.97 Å². The average molecular weight is 393 g/mol. The summed E-state index contributed by atoms with van der Waals surface area (Å²) in [6, 6.07) is 13.0. The van der Waals surface area contributed by atoms with E-state index in [9.17, 15) is 19.2 Å². The van der Waals surface area contributed by atoms with Crippen molar-refractivity contribution >= 4 is 35.1 Å². The molecule has 8 heteroatoms. The van der Waals surface area contributed by atoms with E-state index in [4.69, 9.17) is 4.74 Å². The van der Waals surface area contributed by atoms with Gasteiger partial charge in [-0.1, -0.05) is 18.2 Å². The van der Waals surface area contributed by atoms with Crippen molar-refractivity contribution < 1.29 is 23.9 Å². The van der Waals surface area contributed by atoms with Crippen molar-refractivity contribution in [1.29, 1.82) is 0 Å². The zero-order valence-corrected chi connectivity index (χ0v) is 15.5. The normalized spacial score (nSPS) is 17.0. The monoisotopic (exact) mass is 393 g/mol. The Hall–Kier alpha value is -3.68. The van der Waals surface area contributed by atoms with Crippen molar-refractivity contribution in [3.05, 3.63) is 59.7 Å². The van der Waals surface area contributed by atoms with Crippen LogP contribution in [0.5, 0.6) is 0 Å². The van der Waals surface area contributed by atoms with Crippen LogP contribution in [-0.2, 0) is 14.3 Å². The summed E-state index contributed by atoms with van der Waals surface area (Å²) in [6.45, 7) is 0.208. The van der Waals surface area contributed by atoms with Crippen molar-refractivity contribution in [2.45, 2.75) is 18.9 Å². The van der Waals surface area contributed by atoms with Gasteiger partial charge in [-0.25, -0.2) is 4.79 Å². The third-order valence-electron chi connectivity index (χ3n) is 4.98. The Morgan fingerprint density at radius 3 is 2.69 bits per heavy atom. The van der Waals surface area contributed by atoms with Gasteiger partial charge in [0.05, 0.1) is 16.9 Å². The average Bonchev–Trinajstić information content (AvgIpc) is 3.23. The van der Waals surface area contributed by atoms with Gasteiger partial charge in [-0.3, -0.25) is 19.7 Å². The van der Waals surface area contributed by atoms with E-state index in [1.807, 2.05) is 4.90 Å². The molecule has 2 aliphatic heterocycles. The highest BCUT2D eigenvalue weighted by Crippen LogP contribution is 2.37. The van der Waals surface area contributed by atoms with Gasteiger partial charge in [0.15, 0.2) is 6.61 Å². The number of carbonyl (C=O) groups excluding carboxylic acids is 4. The van der Waals surface area contributed by atoms with E-state index in [-0.39, 0.29) is 17.5 Å². The van der Waals surface area contributed by atoms with Gasteiger partial charge in [0.1, 0.15) is 6.04 Å². The lowest BCUT2D eigenvalue weighted by molar-refractivity contribution is -0.123. The van der Waals surface area contributed by atoms with Gasteiger partial charge < -0.3 is 15.0 Å². The molecule has 0 radical (unpaired) electrons. The first-order chi connectivity index (χ1) is 14.0. The van der Waals surface area contributed by atoms with Crippen LogP contribution < -0.4 is 15.5 Å². The molecular formula is C21H19N3O5. The summed E-state index contributed by atoms with van der Waals surface area (Å²) >= 11 is 0. The number of benzene rings is 2. The quantitative estimate of drug-likeness (QED) is 0.767. The second-order valence-electron chi connectivity index (χ2n) is 6.89. The predicted molar refractivity (Wildman–Crippen MR) is 105 cm³/mol. The molecule has 0 bridgehead atoms. The van der Waals surface area contributed by atoms with Gasteiger partial charge in [-0.2, -0.15) is 0 Å². The fraction of sp³-hybridized carbons (Fsp3) is 0.238. The zero-order chi connectivity index (χ0) is 20.4.